The standard InChI is InChI=1S/C24H20Cl2N4O2/c1-3-32-24-28-22(17-8-13-20(25)21(26)14-17)30(29-24)19-11-9-18(10-12-19)27-23(31)16-6-4-15(2)5-7-16/h4-14H,3H2,1-2H3,(H,27,31). The Bertz CT molecular complexity index is 1250. The molecule has 8 heteroatoms. The second-order valence-electron chi connectivity index (χ2n) is 7.06. The molecule has 0 bridgehead atoms. The number of benzene rings is 3. The van der Waals surface area contributed by atoms with Crippen LogP contribution in [-0.4, -0.2) is 27.3 Å². The number of carbonyl (C=O) groups is 1. The molecule has 0 spiro atoms. The maximum atomic E-state index is 12.5. The van der Waals surface area contributed by atoms with Gasteiger partial charge in [-0.1, -0.05) is 40.9 Å². The van der Waals surface area contributed by atoms with Crippen LogP contribution in [0.5, 0.6) is 6.01 Å². The highest BCUT2D eigenvalue weighted by atomic mass is 35.5. The second-order valence-corrected chi connectivity index (χ2v) is 7.87. The summed E-state index contributed by atoms with van der Waals surface area (Å²) in [5, 5.41) is 8.25. The molecular formula is C24H20Cl2N4O2. The van der Waals surface area contributed by atoms with Crippen LogP contribution < -0.4 is 10.1 Å². The van der Waals surface area contributed by atoms with E-state index in [2.05, 4.69) is 15.4 Å². The molecule has 6 nitrogen and oxygen atoms in total. The van der Waals surface area contributed by atoms with E-state index in [4.69, 9.17) is 27.9 Å². The lowest BCUT2D eigenvalue weighted by molar-refractivity contribution is 0.102. The molecular weight excluding hydrogens is 447 g/mol. The smallest absolute Gasteiger partial charge is 0.336 e. The average Bonchev–Trinajstić information content (AvgIpc) is 3.21. The summed E-state index contributed by atoms with van der Waals surface area (Å²) in [6.07, 6.45) is 0. The van der Waals surface area contributed by atoms with E-state index < -0.39 is 0 Å². The number of hydrogen-bond acceptors (Lipinski definition) is 4. The number of ether oxygens (including phenoxy) is 1. The van der Waals surface area contributed by atoms with Gasteiger partial charge in [0.05, 0.1) is 22.3 Å². The monoisotopic (exact) mass is 466 g/mol. The van der Waals surface area contributed by atoms with Crippen LogP contribution >= 0.6 is 23.2 Å². The van der Waals surface area contributed by atoms with E-state index in [0.29, 0.717) is 33.7 Å². The largest absolute Gasteiger partial charge is 0.463 e. The number of carbonyl (C=O) groups excluding carboxylic acids is 1. The van der Waals surface area contributed by atoms with Crippen molar-refractivity contribution in [2.24, 2.45) is 0 Å². The van der Waals surface area contributed by atoms with E-state index in [1.807, 2.05) is 56.3 Å². The summed E-state index contributed by atoms with van der Waals surface area (Å²) in [7, 11) is 0. The normalized spacial score (nSPS) is 10.8. The quantitative estimate of drug-likeness (QED) is 0.367. The molecule has 0 aliphatic carbocycles. The molecule has 32 heavy (non-hydrogen) atoms. The van der Waals surface area contributed by atoms with Gasteiger partial charge in [0.2, 0.25) is 0 Å². The minimum Gasteiger partial charge on any atom is -0.463 e. The third-order valence-electron chi connectivity index (χ3n) is 4.72. The summed E-state index contributed by atoms with van der Waals surface area (Å²) in [5.74, 6) is 0.386. The Morgan fingerprint density at radius 1 is 1.00 bits per heavy atom. The fourth-order valence-corrected chi connectivity index (χ4v) is 3.38. The lowest BCUT2D eigenvalue weighted by Gasteiger charge is -2.09. The van der Waals surface area contributed by atoms with Gasteiger partial charge >= 0.3 is 6.01 Å². The first-order chi connectivity index (χ1) is 15.4. The predicted octanol–water partition coefficient (Wildman–Crippen LogP) is 6.20. The molecule has 0 saturated carbocycles. The highest BCUT2D eigenvalue weighted by Gasteiger charge is 2.16. The number of nitrogens with zero attached hydrogens (tertiary/aromatic N) is 3. The molecule has 0 unspecified atom stereocenters. The average molecular weight is 467 g/mol. The molecule has 4 aromatic rings. The van der Waals surface area contributed by atoms with E-state index in [1.54, 1.807) is 28.9 Å². The molecule has 0 aliphatic rings. The fraction of sp³-hybridized carbons (Fsp3) is 0.125. The van der Waals surface area contributed by atoms with Crippen molar-refractivity contribution in [1.82, 2.24) is 14.8 Å². The number of halogens is 2. The van der Waals surface area contributed by atoms with Crippen molar-refractivity contribution in [3.8, 4) is 23.1 Å². The topological polar surface area (TPSA) is 69.0 Å². The van der Waals surface area contributed by atoms with E-state index in [9.17, 15) is 4.79 Å². The number of hydrogen-bond donors (Lipinski definition) is 1. The number of aryl methyl sites for hydroxylation is 1. The molecule has 0 atom stereocenters. The van der Waals surface area contributed by atoms with Crippen LogP contribution in [0.2, 0.25) is 10.0 Å². The van der Waals surface area contributed by atoms with Gasteiger partial charge in [-0.3, -0.25) is 4.79 Å². The zero-order valence-electron chi connectivity index (χ0n) is 17.5. The van der Waals surface area contributed by atoms with Crippen molar-refractivity contribution >= 4 is 34.8 Å². The van der Waals surface area contributed by atoms with Gasteiger partial charge in [-0.15, -0.1) is 5.10 Å². The van der Waals surface area contributed by atoms with Crippen LogP contribution in [0.1, 0.15) is 22.8 Å². The van der Waals surface area contributed by atoms with E-state index in [1.165, 1.54) is 0 Å². The lowest BCUT2D eigenvalue weighted by Crippen LogP contribution is -2.11. The summed E-state index contributed by atoms with van der Waals surface area (Å²) in [4.78, 5) is 17.0. The fourth-order valence-electron chi connectivity index (χ4n) is 3.08. The van der Waals surface area contributed by atoms with E-state index in [0.717, 1.165) is 16.8 Å². The lowest BCUT2D eigenvalue weighted by atomic mass is 10.1. The summed E-state index contributed by atoms with van der Waals surface area (Å²) in [6.45, 7) is 4.29. The van der Waals surface area contributed by atoms with Crippen molar-refractivity contribution in [2.45, 2.75) is 13.8 Å². The zero-order valence-corrected chi connectivity index (χ0v) is 19.0. The first kappa shape index (κ1) is 21.9. The van der Waals surface area contributed by atoms with Crippen LogP contribution in [0.3, 0.4) is 0 Å². The van der Waals surface area contributed by atoms with E-state index in [-0.39, 0.29) is 11.9 Å². The van der Waals surface area contributed by atoms with Crippen LogP contribution in [0.25, 0.3) is 17.1 Å². The second kappa shape index (κ2) is 9.42. The maximum absolute atomic E-state index is 12.5. The third kappa shape index (κ3) is 4.77. The molecule has 0 radical (unpaired) electrons. The molecule has 0 saturated heterocycles. The maximum Gasteiger partial charge on any atom is 0.336 e. The van der Waals surface area contributed by atoms with Gasteiger partial charge in [-0.25, -0.2) is 4.68 Å². The highest BCUT2D eigenvalue weighted by molar-refractivity contribution is 6.42. The van der Waals surface area contributed by atoms with Gasteiger partial charge in [-0.2, -0.15) is 4.98 Å². The predicted molar refractivity (Wildman–Crippen MR) is 127 cm³/mol. The minimum atomic E-state index is -0.173. The molecule has 1 amide bonds. The summed E-state index contributed by atoms with van der Waals surface area (Å²) >= 11 is 12.3. The molecule has 1 aromatic heterocycles. The van der Waals surface area contributed by atoms with Gasteiger partial charge in [0.25, 0.3) is 5.91 Å². The SMILES string of the molecule is CCOc1nc(-c2ccc(Cl)c(Cl)c2)n(-c2ccc(NC(=O)c3ccc(C)cc3)cc2)n1. The molecule has 1 heterocycles. The molecule has 1 N–H and O–H groups in total. The molecule has 162 valence electrons. The molecule has 0 fully saturated rings. The van der Waals surface area contributed by atoms with Crippen LogP contribution in [0, 0.1) is 6.92 Å². The first-order valence-electron chi connectivity index (χ1n) is 9.98. The van der Waals surface area contributed by atoms with Crippen LogP contribution in [0.4, 0.5) is 5.69 Å². The van der Waals surface area contributed by atoms with Crippen molar-refractivity contribution in [3.63, 3.8) is 0 Å². The number of anilines is 1. The Morgan fingerprint density at radius 2 is 1.72 bits per heavy atom. The Morgan fingerprint density at radius 3 is 2.38 bits per heavy atom. The summed E-state index contributed by atoms with van der Waals surface area (Å²) < 4.78 is 7.16. The number of rotatable bonds is 6. The van der Waals surface area contributed by atoms with Gasteiger partial charge < -0.3 is 10.1 Å². The first-order valence-corrected chi connectivity index (χ1v) is 10.7. The molecule has 0 aliphatic heterocycles. The Balaban J connectivity index is 1.62. The summed E-state index contributed by atoms with van der Waals surface area (Å²) in [5.41, 5.74) is 3.86. The Hall–Kier alpha value is -3.35. The van der Waals surface area contributed by atoms with Crippen molar-refractivity contribution < 1.29 is 9.53 Å². The zero-order chi connectivity index (χ0) is 22.7. The third-order valence-corrected chi connectivity index (χ3v) is 5.46. The van der Waals surface area contributed by atoms with E-state index >= 15 is 0 Å². The minimum absolute atomic E-state index is 0.173. The number of aromatic nitrogens is 3. The van der Waals surface area contributed by atoms with Crippen LogP contribution in [0.15, 0.2) is 66.7 Å². The Kier molecular flexibility index (Phi) is 6.44. The van der Waals surface area contributed by atoms with Crippen molar-refractivity contribution in [1.29, 1.82) is 0 Å². The molecule has 3 aromatic carbocycles. The summed E-state index contributed by atoms with van der Waals surface area (Å²) in [6, 6.07) is 20.2. The Labute approximate surface area is 195 Å². The van der Waals surface area contributed by atoms with Gasteiger partial charge in [0, 0.05) is 16.8 Å². The van der Waals surface area contributed by atoms with Gasteiger partial charge in [0.15, 0.2) is 5.82 Å². The number of nitrogens with one attached hydrogen (secondary N) is 1. The van der Waals surface area contributed by atoms with Gasteiger partial charge in [-0.05, 0) is 68.4 Å². The highest BCUT2D eigenvalue weighted by Crippen LogP contribution is 2.30. The van der Waals surface area contributed by atoms with Crippen LogP contribution in [-0.2, 0) is 0 Å². The number of amides is 1. The van der Waals surface area contributed by atoms with Gasteiger partial charge in [0.1, 0.15) is 0 Å². The van der Waals surface area contributed by atoms with Crippen molar-refractivity contribution in [3.05, 3.63) is 87.9 Å². The van der Waals surface area contributed by atoms with Crippen molar-refractivity contribution in [2.75, 3.05) is 11.9 Å². The molecule has 4 rings (SSSR count).